The van der Waals surface area contributed by atoms with E-state index in [4.69, 9.17) is 15.2 Å². The van der Waals surface area contributed by atoms with Crippen LogP contribution < -0.4 is 15.8 Å². The van der Waals surface area contributed by atoms with Crippen LogP contribution in [0, 0.1) is 5.92 Å². The third kappa shape index (κ3) is 7.64. The molecule has 0 aliphatic heterocycles. The van der Waals surface area contributed by atoms with Gasteiger partial charge in [0.05, 0.1) is 6.61 Å². The molecule has 5 nitrogen and oxygen atoms in total. The van der Waals surface area contributed by atoms with Crippen LogP contribution in [0.1, 0.15) is 30.6 Å². The predicted molar refractivity (Wildman–Crippen MR) is 90.8 cm³/mol. The van der Waals surface area contributed by atoms with E-state index in [-0.39, 0.29) is 24.4 Å². The van der Waals surface area contributed by atoms with Crippen LogP contribution >= 0.6 is 12.4 Å². The molecule has 0 bridgehead atoms. The van der Waals surface area contributed by atoms with E-state index in [2.05, 4.69) is 19.2 Å². The van der Waals surface area contributed by atoms with Gasteiger partial charge in [-0.1, -0.05) is 13.8 Å². The highest BCUT2D eigenvalue weighted by atomic mass is 35.5. The van der Waals surface area contributed by atoms with Crippen LogP contribution in [0.5, 0.6) is 5.75 Å². The largest absolute Gasteiger partial charge is 0.491 e. The van der Waals surface area contributed by atoms with Crippen molar-refractivity contribution in [3.8, 4) is 5.75 Å². The Labute approximate surface area is 139 Å². The van der Waals surface area contributed by atoms with Gasteiger partial charge in [0, 0.05) is 25.3 Å². The molecule has 0 saturated carbocycles. The van der Waals surface area contributed by atoms with Crippen molar-refractivity contribution in [1.82, 2.24) is 5.32 Å². The highest BCUT2D eigenvalue weighted by Crippen LogP contribution is 2.13. The zero-order valence-electron chi connectivity index (χ0n) is 13.5. The average molecular weight is 331 g/mol. The number of benzene rings is 1. The molecule has 0 fully saturated rings. The molecular weight excluding hydrogens is 304 g/mol. The maximum Gasteiger partial charge on any atom is 0.251 e. The number of nitrogens with one attached hydrogen (secondary N) is 1. The van der Waals surface area contributed by atoms with Gasteiger partial charge in [-0.3, -0.25) is 4.79 Å². The topological polar surface area (TPSA) is 73.6 Å². The number of carbonyl (C=O) groups is 1. The SMILES string of the molecule is COCCOc1ccc(C(=O)NC(CN)CC(C)C)cc1.Cl. The van der Waals surface area contributed by atoms with Crippen molar-refractivity contribution in [3.05, 3.63) is 29.8 Å². The van der Waals surface area contributed by atoms with E-state index < -0.39 is 0 Å². The Morgan fingerprint density at radius 1 is 1.23 bits per heavy atom. The van der Waals surface area contributed by atoms with Crippen molar-refractivity contribution < 1.29 is 14.3 Å². The molecule has 0 aliphatic rings. The van der Waals surface area contributed by atoms with Gasteiger partial charge in [-0.2, -0.15) is 0 Å². The first kappa shape index (κ1) is 20.7. The summed E-state index contributed by atoms with van der Waals surface area (Å²) in [5.74, 6) is 1.12. The van der Waals surface area contributed by atoms with Gasteiger partial charge in [0.25, 0.3) is 5.91 Å². The van der Waals surface area contributed by atoms with E-state index in [9.17, 15) is 4.79 Å². The Hall–Kier alpha value is -1.30. The first-order chi connectivity index (χ1) is 10.1. The molecule has 3 N–H and O–H groups in total. The minimum atomic E-state index is -0.102. The lowest BCUT2D eigenvalue weighted by molar-refractivity contribution is 0.0933. The van der Waals surface area contributed by atoms with Crippen LogP contribution in [0.2, 0.25) is 0 Å². The molecule has 1 aromatic rings. The minimum absolute atomic E-state index is 0. The summed E-state index contributed by atoms with van der Waals surface area (Å²) >= 11 is 0. The third-order valence-corrected chi connectivity index (χ3v) is 3.05. The molecule has 0 radical (unpaired) electrons. The lowest BCUT2D eigenvalue weighted by atomic mass is 10.0. The minimum Gasteiger partial charge on any atom is -0.491 e. The maximum absolute atomic E-state index is 12.1. The second kappa shape index (κ2) is 11.3. The average Bonchev–Trinajstić information content (AvgIpc) is 2.47. The van der Waals surface area contributed by atoms with E-state index in [0.717, 1.165) is 12.2 Å². The summed E-state index contributed by atoms with van der Waals surface area (Å²) in [6, 6.07) is 7.07. The summed E-state index contributed by atoms with van der Waals surface area (Å²) in [6.45, 7) is 5.70. The summed E-state index contributed by atoms with van der Waals surface area (Å²) in [4.78, 5) is 12.1. The van der Waals surface area contributed by atoms with Crippen LogP contribution in [0.4, 0.5) is 0 Å². The smallest absolute Gasteiger partial charge is 0.251 e. The zero-order valence-corrected chi connectivity index (χ0v) is 14.3. The Morgan fingerprint density at radius 3 is 2.36 bits per heavy atom. The molecule has 1 amide bonds. The second-order valence-corrected chi connectivity index (χ2v) is 5.40. The highest BCUT2D eigenvalue weighted by molar-refractivity contribution is 5.94. The summed E-state index contributed by atoms with van der Waals surface area (Å²) < 4.78 is 10.4. The molecule has 1 aromatic carbocycles. The fourth-order valence-electron chi connectivity index (χ4n) is 2.00. The molecule has 0 spiro atoms. The van der Waals surface area contributed by atoms with Gasteiger partial charge in [-0.15, -0.1) is 12.4 Å². The molecule has 0 aromatic heterocycles. The van der Waals surface area contributed by atoms with E-state index in [0.29, 0.717) is 31.2 Å². The number of nitrogens with two attached hydrogens (primary N) is 1. The first-order valence-electron chi connectivity index (χ1n) is 7.29. The van der Waals surface area contributed by atoms with Crippen LogP contribution in [-0.2, 0) is 4.74 Å². The van der Waals surface area contributed by atoms with Crippen molar-refractivity contribution in [2.45, 2.75) is 26.3 Å². The van der Waals surface area contributed by atoms with Gasteiger partial charge < -0.3 is 20.5 Å². The Bertz CT molecular complexity index is 424. The molecule has 6 heteroatoms. The molecule has 0 saturated heterocycles. The Balaban J connectivity index is 0.00000441. The fraction of sp³-hybridized carbons (Fsp3) is 0.562. The van der Waals surface area contributed by atoms with Crippen molar-refractivity contribution in [3.63, 3.8) is 0 Å². The lowest BCUT2D eigenvalue weighted by Gasteiger charge is -2.18. The third-order valence-electron chi connectivity index (χ3n) is 3.05. The van der Waals surface area contributed by atoms with Crippen LogP contribution in [-0.4, -0.2) is 38.8 Å². The summed E-state index contributed by atoms with van der Waals surface area (Å²) in [5.41, 5.74) is 6.30. The number of halogens is 1. The van der Waals surface area contributed by atoms with E-state index in [1.165, 1.54) is 0 Å². The monoisotopic (exact) mass is 330 g/mol. The van der Waals surface area contributed by atoms with Gasteiger partial charge in [0.2, 0.25) is 0 Å². The molecule has 1 unspecified atom stereocenters. The van der Waals surface area contributed by atoms with Gasteiger partial charge in [0.15, 0.2) is 0 Å². The Kier molecular flexibility index (Phi) is 10.6. The Morgan fingerprint density at radius 2 is 1.86 bits per heavy atom. The van der Waals surface area contributed by atoms with Gasteiger partial charge in [-0.25, -0.2) is 0 Å². The second-order valence-electron chi connectivity index (χ2n) is 5.40. The summed E-state index contributed by atoms with van der Waals surface area (Å²) in [7, 11) is 1.63. The molecule has 1 rings (SSSR count). The van der Waals surface area contributed by atoms with E-state index >= 15 is 0 Å². The number of carbonyl (C=O) groups excluding carboxylic acids is 1. The lowest BCUT2D eigenvalue weighted by Crippen LogP contribution is -2.41. The van der Waals surface area contributed by atoms with Gasteiger partial charge in [-0.05, 0) is 36.6 Å². The predicted octanol–water partition coefficient (Wildman–Crippen LogP) is 2.24. The van der Waals surface area contributed by atoms with Crippen LogP contribution in [0.3, 0.4) is 0 Å². The van der Waals surface area contributed by atoms with Gasteiger partial charge >= 0.3 is 0 Å². The molecule has 126 valence electrons. The molecule has 1 atom stereocenters. The molecular formula is C16H27ClN2O3. The van der Waals surface area contributed by atoms with E-state index in [1.54, 1.807) is 31.4 Å². The van der Waals surface area contributed by atoms with Crippen LogP contribution in [0.15, 0.2) is 24.3 Å². The van der Waals surface area contributed by atoms with E-state index in [1.807, 2.05) is 0 Å². The number of amides is 1. The zero-order chi connectivity index (χ0) is 15.7. The molecule has 22 heavy (non-hydrogen) atoms. The van der Waals surface area contributed by atoms with Crippen molar-refractivity contribution >= 4 is 18.3 Å². The van der Waals surface area contributed by atoms with Crippen molar-refractivity contribution in [1.29, 1.82) is 0 Å². The van der Waals surface area contributed by atoms with Crippen molar-refractivity contribution in [2.24, 2.45) is 11.7 Å². The fourth-order valence-corrected chi connectivity index (χ4v) is 2.00. The highest BCUT2D eigenvalue weighted by Gasteiger charge is 2.13. The molecule has 0 aliphatic carbocycles. The summed E-state index contributed by atoms with van der Waals surface area (Å²) in [5, 5.41) is 2.96. The summed E-state index contributed by atoms with van der Waals surface area (Å²) in [6.07, 6.45) is 0.875. The molecule has 0 heterocycles. The number of ether oxygens (including phenoxy) is 2. The number of rotatable bonds is 9. The van der Waals surface area contributed by atoms with Crippen molar-refractivity contribution in [2.75, 3.05) is 26.9 Å². The normalized spacial score (nSPS) is 11.7. The first-order valence-corrected chi connectivity index (χ1v) is 7.29. The number of hydrogen-bond acceptors (Lipinski definition) is 4. The number of methoxy groups -OCH3 is 1. The number of hydrogen-bond donors (Lipinski definition) is 2. The maximum atomic E-state index is 12.1. The quantitative estimate of drug-likeness (QED) is 0.681. The standard InChI is InChI=1S/C16H26N2O3.ClH/c1-12(2)10-14(11-17)18-16(19)13-4-6-15(7-5-13)21-9-8-20-3;/h4-7,12,14H,8-11,17H2,1-3H3,(H,18,19);1H. The van der Waals surface area contributed by atoms with Gasteiger partial charge in [0.1, 0.15) is 12.4 Å². The van der Waals surface area contributed by atoms with Crippen LogP contribution in [0.25, 0.3) is 0 Å².